The van der Waals surface area contributed by atoms with E-state index < -0.39 is 6.43 Å². The summed E-state index contributed by atoms with van der Waals surface area (Å²) in [7, 11) is 0. The van der Waals surface area contributed by atoms with Crippen LogP contribution in [-0.4, -0.2) is 6.43 Å². The summed E-state index contributed by atoms with van der Waals surface area (Å²) in [6.07, 6.45) is 1.58. The number of terminal acetylenes is 1. The van der Waals surface area contributed by atoms with Crippen LogP contribution in [-0.2, 0) is 0 Å². The van der Waals surface area contributed by atoms with Gasteiger partial charge in [0.05, 0.1) is 0 Å². The normalized spacial score (nSPS) is 7.60. The number of rotatable bonds is 0. The Morgan fingerprint density at radius 2 is 1.80 bits per heavy atom. The molecule has 0 aromatic rings. The standard InChI is InChI=1S/C3H2F2/c1-2-3(4)5/h1,3H. The molecular formula is C3H2F2. The first-order chi connectivity index (χ1) is 2.27. The fourth-order valence-corrected chi connectivity index (χ4v) is 0. The van der Waals surface area contributed by atoms with Gasteiger partial charge in [-0.05, 0) is 5.92 Å². The largest absolute Gasteiger partial charge is 0.298 e. The van der Waals surface area contributed by atoms with Crippen molar-refractivity contribution in [2.75, 3.05) is 0 Å². The predicted molar refractivity (Wildman–Crippen MR) is 14.8 cm³/mol. The first-order valence-corrected chi connectivity index (χ1v) is 1.01. The molecule has 0 bridgehead atoms. The van der Waals surface area contributed by atoms with E-state index in [1.165, 1.54) is 5.92 Å². The number of hydrogen-bond acceptors (Lipinski definition) is 0. The average Bonchev–Trinajstić information content (AvgIpc) is 1.38. The van der Waals surface area contributed by atoms with Crippen LogP contribution in [0.25, 0.3) is 0 Å². The van der Waals surface area contributed by atoms with Gasteiger partial charge in [-0.25, -0.2) is 0 Å². The zero-order chi connectivity index (χ0) is 4.28. The van der Waals surface area contributed by atoms with Gasteiger partial charge in [0.1, 0.15) is 0 Å². The highest BCUT2D eigenvalue weighted by molar-refractivity contribution is 4.86. The summed E-state index contributed by atoms with van der Waals surface area (Å²) in [6.45, 7) is 0. The van der Waals surface area contributed by atoms with Crippen LogP contribution in [0.15, 0.2) is 0 Å². The van der Waals surface area contributed by atoms with Crippen LogP contribution in [0.3, 0.4) is 0 Å². The Labute approximate surface area is 28.8 Å². The zero-order valence-electron chi connectivity index (χ0n) is 2.41. The third-order valence-electron chi connectivity index (χ3n) is 0.126. The van der Waals surface area contributed by atoms with E-state index in [0.717, 1.165) is 0 Å². The van der Waals surface area contributed by atoms with Crippen molar-refractivity contribution in [2.45, 2.75) is 6.43 Å². The van der Waals surface area contributed by atoms with Crippen molar-refractivity contribution in [3.05, 3.63) is 0 Å². The molecule has 0 atom stereocenters. The van der Waals surface area contributed by atoms with Gasteiger partial charge in [-0.15, -0.1) is 6.42 Å². The van der Waals surface area contributed by atoms with Gasteiger partial charge in [-0.3, -0.25) is 0 Å². The minimum Gasteiger partial charge on any atom is -0.196 e. The molecule has 0 N–H and O–H groups in total. The molecule has 0 aromatic carbocycles. The quantitative estimate of drug-likeness (QED) is 0.376. The van der Waals surface area contributed by atoms with Crippen LogP contribution in [0.1, 0.15) is 0 Å². The zero-order valence-corrected chi connectivity index (χ0v) is 2.41. The molecule has 0 saturated carbocycles. The van der Waals surface area contributed by atoms with Crippen molar-refractivity contribution in [3.63, 3.8) is 0 Å². The summed E-state index contributed by atoms with van der Waals surface area (Å²) in [4.78, 5) is 0. The summed E-state index contributed by atoms with van der Waals surface area (Å²) in [5.41, 5.74) is 0. The van der Waals surface area contributed by atoms with Gasteiger partial charge in [0.25, 0.3) is 6.43 Å². The van der Waals surface area contributed by atoms with E-state index in [0.29, 0.717) is 0 Å². The minimum absolute atomic E-state index is 1.19. The fraction of sp³-hybridized carbons (Fsp3) is 0.333. The summed E-state index contributed by atoms with van der Waals surface area (Å²) >= 11 is 0. The molecule has 0 aromatic heterocycles. The molecule has 0 fully saturated rings. The highest BCUT2D eigenvalue weighted by Gasteiger charge is 1.86. The van der Waals surface area contributed by atoms with Crippen molar-refractivity contribution < 1.29 is 8.78 Å². The average molecular weight is 76.0 g/mol. The van der Waals surface area contributed by atoms with Crippen molar-refractivity contribution in [2.24, 2.45) is 0 Å². The van der Waals surface area contributed by atoms with Crippen LogP contribution in [0.4, 0.5) is 8.78 Å². The molecule has 0 aliphatic heterocycles. The van der Waals surface area contributed by atoms with Crippen molar-refractivity contribution in [1.29, 1.82) is 0 Å². The lowest BCUT2D eigenvalue weighted by Gasteiger charge is -1.71. The molecule has 28 valence electrons. The van der Waals surface area contributed by atoms with E-state index in [4.69, 9.17) is 0 Å². The molecule has 0 saturated heterocycles. The van der Waals surface area contributed by atoms with E-state index in [-0.39, 0.29) is 0 Å². The van der Waals surface area contributed by atoms with Gasteiger partial charge in [-0.2, -0.15) is 8.78 Å². The molecule has 0 nitrogen and oxygen atoms in total. The van der Waals surface area contributed by atoms with Crippen LogP contribution < -0.4 is 0 Å². The lowest BCUT2D eigenvalue weighted by molar-refractivity contribution is 0.215. The number of alkyl halides is 2. The molecule has 0 amide bonds. The third kappa shape index (κ3) is 3.42. The molecular weight excluding hydrogens is 74.0 g/mol. The molecule has 0 rings (SSSR count). The molecule has 0 radical (unpaired) electrons. The van der Waals surface area contributed by atoms with Crippen molar-refractivity contribution >= 4 is 0 Å². The van der Waals surface area contributed by atoms with E-state index in [9.17, 15) is 8.78 Å². The SMILES string of the molecule is C#CC(F)F. The lowest BCUT2D eigenvalue weighted by atomic mass is 10.8. The number of hydrogen-bond donors (Lipinski definition) is 0. The van der Waals surface area contributed by atoms with E-state index in [2.05, 4.69) is 6.42 Å². The second-order valence-corrected chi connectivity index (χ2v) is 0.467. The lowest BCUT2D eigenvalue weighted by Crippen LogP contribution is -1.76. The predicted octanol–water partition coefficient (Wildman–Crippen LogP) is 0.885. The van der Waals surface area contributed by atoms with Crippen LogP contribution in [0.5, 0.6) is 0 Å². The van der Waals surface area contributed by atoms with Crippen molar-refractivity contribution in [3.8, 4) is 12.3 Å². The molecule has 0 aliphatic carbocycles. The van der Waals surface area contributed by atoms with E-state index >= 15 is 0 Å². The summed E-state index contributed by atoms with van der Waals surface area (Å²) in [6, 6.07) is 0. The summed E-state index contributed by atoms with van der Waals surface area (Å²) in [5, 5.41) is 0. The number of halogens is 2. The topological polar surface area (TPSA) is 0 Å². The highest BCUT2D eigenvalue weighted by atomic mass is 19.3. The first-order valence-electron chi connectivity index (χ1n) is 1.01. The van der Waals surface area contributed by atoms with Gasteiger partial charge in [0.2, 0.25) is 0 Å². The summed E-state index contributed by atoms with van der Waals surface area (Å²) in [5.74, 6) is 1.19. The van der Waals surface area contributed by atoms with Crippen LogP contribution in [0, 0.1) is 12.3 Å². The monoisotopic (exact) mass is 76.0 g/mol. The third-order valence-corrected chi connectivity index (χ3v) is 0.126. The van der Waals surface area contributed by atoms with Gasteiger partial charge < -0.3 is 0 Å². The van der Waals surface area contributed by atoms with Gasteiger partial charge in [0, 0.05) is 0 Å². The Morgan fingerprint density at radius 1 is 1.60 bits per heavy atom. The minimum atomic E-state index is -2.59. The summed E-state index contributed by atoms with van der Waals surface area (Å²) < 4.78 is 21.1. The van der Waals surface area contributed by atoms with E-state index in [1.807, 2.05) is 0 Å². The van der Waals surface area contributed by atoms with Crippen molar-refractivity contribution in [1.82, 2.24) is 0 Å². The molecule has 0 unspecified atom stereocenters. The fourth-order valence-electron chi connectivity index (χ4n) is 0. The molecule has 2 heteroatoms. The van der Waals surface area contributed by atoms with Crippen LogP contribution >= 0.6 is 0 Å². The molecule has 0 spiro atoms. The van der Waals surface area contributed by atoms with Gasteiger partial charge in [-0.1, -0.05) is 0 Å². The smallest absolute Gasteiger partial charge is 0.196 e. The molecule has 5 heavy (non-hydrogen) atoms. The second-order valence-electron chi connectivity index (χ2n) is 0.467. The second kappa shape index (κ2) is 1.71. The first kappa shape index (κ1) is 4.42. The van der Waals surface area contributed by atoms with Gasteiger partial charge >= 0.3 is 0 Å². The maximum atomic E-state index is 10.5. The van der Waals surface area contributed by atoms with Gasteiger partial charge in [0.15, 0.2) is 0 Å². The molecule has 0 aliphatic rings. The Bertz CT molecular complexity index is 50.4. The van der Waals surface area contributed by atoms with Crippen LogP contribution in [0.2, 0.25) is 0 Å². The Hall–Kier alpha value is -0.580. The Morgan fingerprint density at radius 3 is 1.80 bits per heavy atom. The molecule has 0 heterocycles. The highest BCUT2D eigenvalue weighted by Crippen LogP contribution is 1.83. The van der Waals surface area contributed by atoms with E-state index in [1.54, 1.807) is 0 Å². The maximum Gasteiger partial charge on any atom is 0.298 e. The Balaban J connectivity index is 2.94. The maximum absolute atomic E-state index is 10.5. The Kier molecular flexibility index (Phi) is 1.51.